The van der Waals surface area contributed by atoms with E-state index in [9.17, 15) is 35.1 Å². The maximum atomic E-state index is 12.0. The molecule has 0 radical (unpaired) electrons. The smallest absolute Gasteiger partial charge is 0.344 e. The van der Waals surface area contributed by atoms with Crippen molar-refractivity contribution in [2.24, 2.45) is 0 Å². The van der Waals surface area contributed by atoms with Crippen molar-refractivity contribution in [3.8, 4) is 0 Å². The molecule has 24 heavy (non-hydrogen) atoms. The van der Waals surface area contributed by atoms with E-state index in [0.29, 0.717) is 0 Å². The number of nitro groups is 3. The highest BCUT2D eigenvalue weighted by Crippen LogP contribution is 2.35. The van der Waals surface area contributed by atoms with E-state index in [1.54, 1.807) is 0 Å². The highest BCUT2D eigenvalue weighted by Gasteiger charge is 2.24. The number of hydrogen-bond acceptors (Lipinski definition) is 8. The molecular formula is C13H5N3O8. The third-order valence-corrected chi connectivity index (χ3v) is 3.38. The SMILES string of the molecule is O=c1oc2cc([N+](=O)[O-])ccc2c2c([N+](=O)[O-])cc([N+](=O)[O-])cc12. The number of fused-ring (bicyclic) bond motifs is 3. The zero-order valence-electron chi connectivity index (χ0n) is 11.5. The Labute approximate surface area is 130 Å². The van der Waals surface area contributed by atoms with Gasteiger partial charge in [0.05, 0.1) is 37.7 Å². The van der Waals surface area contributed by atoms with Crippen molar-refractivity contribution in [1.29, 1.82) is 0 Å². The Hall–Kier alpha value is -3.89. The van der Waals surface area contributed by atoms with Gasteiger partial charge in [0.25, 0.3) is 17.1 Å². The summed E-state index contributed by atoms with van der Waals surface area (Å²) in [5.74, 6) is 0. The van der Waals surface area contributed by atoms with Crippen molar-refractivity contribution in [2.75, 3.05) is 0 Å². The van der Waals surface area contributed by atoms with Gasteiger partial charge in [-0.05, 0) is 6.07 Å². The lowest BCUT2D eigenvalue weighted by atomic mass is 10.0. The predicted octanol–water partition coefficient (Wildman–Crippen LogP) is 2.67. The Balaban J connectivity index is 2.55. The van der Waals surface area contributed by atoms with Crippen molar-refractivity contribution in [3.63, 3.8) is 0 Å². The lowest BCUT2D eigenvalue weighted by molar-refractivity contribution is -0.393. The van der Waals surface area contributed by atoms with Crippen molar-refractivity contribution >= 4 is 38.8 Å². The van der Waals surface area contributed by atoms with Crippen LogP contribution in [0.25, 0.3) is 21.7 Å². The summed E-state index contributed by atoms with van der Waals surface area (Å²) in [7, 11) is 0. The largest absolute Gasteiger partial charge is 0.422 e. The number of non-ortho nitro benzene ring substituents is 3. The summed E-state index contributed by atoms with van der Waals surface area (Å²) < 4.78 is 4.93. The fourth-order valence-corrected chi connectivity index (χ4v) is 2.38. The topological polar surface area (TPSA) is 160 Å². The van der Waals surface area contributed by atoms with E-state index in [1.807, 2.05) is 0 Å². The molecule has 3 aromatic rings. The summed E-state index contributed by atoms with van der Waals surface area (Å²) in [6.45, 7) is 0. The first kappa shape index (κ1) is 15.0. The number of hydrogen-bond donors (Lipinski definition) is 0. The molecule has 0 fully saturated rings. The highest BCUT2D eigenvalue weighted by atomic mass is 16.6. The third-order valence-electron chi connectivity index (χ3n) is 3.38. The minimum Gasteiger partial charge on any atom is -0.422 e. The normalized spacial score (nSPS) is 10.8. The van der Waals surface area contributed by atoms with Gasteiger partial charge in [-0.25, -0.2) is 4.79 Å². The van der Waals surface area contributed by atoms with Crippen LogP contribution in [0.1, 0.15) is 0 Å². The first-order valence-corrected chi connectivity index (χ1v) is 6.27. The molecule has 1 aromatic heterocycles. The van der Waals surface area contributed by atoms with Gasteiger partial charge in [-0.2, -0.15) is 0 Å². The van der Waals surface area contributed by atoms with Gasteiger partial charge in [0, 0.05) is 17.5 Å². The van der Waals surface area contributed by atoms with Crippen LogP contribution in [-0.4, -0.2) is 14.8 Å². The number of benzene rings is 2. The molecule has 3 rings (SSSR count). The van der Waals surface area contributed by atoms with Crippen LogP contribution >= 0.6 is 0 Å². The number of nitrogens with zero attached hydrogens (tertiary/aromatic N) is 3. The van der Waals surface area contributed by atoms with Crippen LogP contribution in [0.15, 0.2) is 39.5 Å². The second-order valence-corrected chi connectivity index (χ2v) is 4.73. The molecule has 0 N–H and O–H groups in total. The molecule has 0 saturated heterocycles. The lowest BCUT2D eigenvalue weighted by Gasteiger charge is -2.04. The molecule has 11 nitrogen and oxygen atoms in total. The average Bonchev–Trinajstić information content (AvgIpc) is 2.53. The number of nitro benzene ring substituents is 3. The van der Waals surface area contributed by atoms with Gasteiger partial charge >= 0.3 is 5.63 Å². The molecule has 1 heterocycles. The monoisotopic (exact) mass is 331 g/mol. The van der Waals surface area contributed by atoms with Gasteiger partial charge in [0.2, 0.25) is 0 Å². The maximum Gasteiger partial charge on any atom is 0.344 e. The van der Waals surface area contributed by atoms with Gasteiger partial charge in [-0.3, -0.25) is 30.3 Å². The van der Waals surface area contributed by atoms with Crippen molar-refractivity contribution in [3.05, 3.63) is 71.1 Å². The molecule has 0 unspecified atom stereocenters. The summed E-state index contributed by atoms with van der Waals surface area (Å²) in [5, 5.41) is 32.5. The zero-order valence-corrected chi connectivity index (χ0v) is 11.5. The summed E-state index contributed by atoms with van der Waals surface area (Å²) in [6, 6.07) is 4.84. The van der Waals surface area contributed by atoms with Gasteiger partial charge in [0.1, 0.15) is 5.58 Å². The Kier molecular flexibility index (Phi) is 3.18. The standard InChI is InChI=1S/C13H5N3O8/c17-13-9-3-7(15(20)21)4-10(16(22)23)12(9)8-2-1-6(14(18)19)5-11(8)24-13/h1-5H. The molecular weight excluding hydrogens is 326 g/mol. The molecule has 11 heteroatoms. The van der Waals surface area contributed by atoms with Crippen LogP contribution in [0, 0.1) is 30.3 Å². The second-order valence-electron chi connectivity index (χ2n) is 4.73. The predicted molar refractivity (Wildman–Crippen MR) is 80.0 cm³/mol. The lowest BCUT2D eigenvalue weighted by Crippen LogP contribution is -2.04. The average molecular weight is 331 g/mol. The van der Waals surface area contributed by atoms with Crippen LogP contribution in [0.4, 0.5) is 17.1 Å². The van der Waals surface area contributed by atoms with E-state index in [1.165, 1.54) is 6.07 Å². The molecule has 0 amide bonds. The quantitative estimate of drug-likeness (QED) is 0.306. The third kappa shape index (κ3) is 2.20. The van der Waals surface area contributed by atoms with Crippen LogP contribution in [0.5, 0.6) is 0 Å². The first-order chi connectivity index (χ1) is 11.3. The van der Waals surface area contributed by atoms with Gasteiger partial charge in [-0.15, -0.1) is 0 Å². The molecule has 0 aliphatic rings. The Morgan fingerprint density at radius 2 is 1.46 bits per heavy atom. The Morgan fingerprint density at radius 3 is 2.04 bits per heavy atom. The van der Waals surface area contributed by atoms with E-state index in [0.717, 1.165) is 24.3 Å². The fraction of sp³-hybridized carbons (Fsp3) is 0. The first-order valence-electron chi connectivity index (χ1n) is 6.27. The molecule has 120 valence electrons. The van der Waals surface area contributed by atoms with Gasteiger partial charge in [0.15, 0.2) is 0 Å². The van der Waals surface area contributed by atoms with Crippen LogP contribution in [-0.2, 0) is 0 Å². The molecule has 0 saturated carbocycles. The van der Waals surface area contributed by atoms with Crippen molar-refractivity contribution in [1.82, 2.24) is 0 Å². The van der Waals surface area contributed by atoms with E-state index < -0.39 is 31.8 Å². The molecule has 0 atom stereocenters. The van der Waals surface area contributed by atoms with Crippen LogP contribution in [0.3, 0.4) is 0 Å². The van der Waals surface area contributed by atoms with E-state index >= 15 is 0 Å². The molecule has 0 aliphatic heterocycles. The van der Waals surface area contributed by atoms with E-state index in [4.69, 9.17) is 4.42 Å². The molecule has 0 aliphatic carbocycles. The van der Waals surface area contributed by atoms with Gasteiger partial charge in [-0.1, -0.05) is 0 Å². The minimum absolute atomic E-state index is 0.0665. The molecule has 0 spiro atoms. The summed E-state index contributed by atoms with van der Waals surface area (Å²) >= 11 is 0. The van der Waals surface area contributed by atoms with E-state index in [2.05, 4.69) is 0 Å². The molecule has 2 aromatic carbocycles. The molecule has 0 bridgehead atoms. The Bertz CT molecular complexity index is 1120. The summed E-state index contributed by atoms with van der Waals surface area (Å²) in [4.78, 5) is 42.5. The minimum atomic E-state index is -1.07. The maximum absolute atomic E-state index is 12.0. The Morgan fingerprint density at radius 1 is 0.792 bits per heavy atom. The number of rotatable bonds is 3. The van der Waals surface area contributed by atoms with Gasteiger partial charge < -0.3 is 4.42 Å². The van der Waals surface area contributed by atoms with E-state index in [-0.39, 0.29) is 27.4 Å². The second kappa shape index (κ2) is 5.08. The highest BCUT2D eigenvalue weighted by molar-refractivity contribution is 6.10. The zero-order chi connectivity index (χ0) is 17.6. The fourth-order valence-electron chi connectivity index (χ4n) is 2.38. The summed E-state index contributed by atoms with van der Waals surface area (Å²) in [6.07, 6.45) is 0. The summed E-state index contributed by atoms with van der Waals surface area (Å²) in [5.41, 5.74) is -2.95. The van der Waals surface area contributed by atoms with Crippen molar-refractivity contribution < 1.29 is 19.2 Å². The van der Waals surface area contributed by atoms with Crippen LogP contribution in [0.2, 0.25) is 0 Å². The van der Waals surface area contributed by atoms with Crippen molar-refractivity contribution in [2.45, 2.75) is 0 Å². The van der Waals surface area contributed by atoms with Crippen LogP contribution < -0.4 is 5.63 Å².